The summed E-state index contributed by atoms with van der Waals surface area (Å²) in [5.74, 6) is 1.64. The topological polar surface area (TPSA) is 3.24 Å². The van der Waals surface area contributed by atoms with Gasteiger partial charge >= 0.3 is 0 Å². The van der Waals surface area contributed by atoms with E-state index in [-0.39, 0.29) is 0 Å². The molecule has 0 bridgehead atoms. The molecule has 0 radical (unpaired) electrons. The largest absolute Gasteiger partial charge is 0.306 e. The van der Waals surface area contributed by atoms with Gasteiger partial charge in [-0.05, 0) is 62.0 Å². The standard InChI is InChI=1S/C25H29NS/c1-26(19-11-21-27-24-16-9-4-10-17-24)20-18-25(22-12-5-2-6-13-22)23-14-7-3-8-15-23/h2-10,12-17,25H,11,18-21H2,1H3. The molecule has 0 aliphatic carbocycles. The van der Waals surface area contributed by atoms with E-state index in [1.165, 1.54) is 28.2 Å². The highest BCUT2D eigenvalue weighted by Gasteiger charge is 2.14. The van der Waals surface area contributed by atoms with Crippen molar-refractivity contribution in [2.24, 2.45) is 0 Å². The van der Waals surface area contributed by atoms with Crippen molar-refractivity contribution in [1.82, 2.24) is 4.90 Å². The maximum Gasteiger partial charge on any atom is 0.0101 e. The van der Waals surface area contributed by atoms with Gasteiger partial charge in [0, 0.05) is 10.8 Å². The molecule has 0 aliphatic heterocycles. The second kappa shape index (κ2) is 11.0. The first kappa shape index (κ1) is 19.7. The minimum Gasteiger partial charge on any atom is -0.306 e. The summed E-state index contributed by atoms with van der Waals surface area (Å²) in [6.07, 6.45) is 2.37. The zero-order valence-corrected chi connectivity index (χ0v) is 16.9. The third kappa shape index (κ3) is 6.57. The van der Waals surface area contributed by atoms with E-state index in [4.69, 9.17) is 0 Å². The molecule has 0 heterocycles. The number of thioether (sulfide) groups is 1. The quantitative estimate of drug-likeness (QED) is 0.301. The number of hydrogen-bond donors (Lipinski definition) is 0. The molecule has 3 rings (SSSR count). The number of hydrogen-bond acceptors (Lipinski definition) is 2. The van der Waals surface area contributed by atoms with Crippen LogP contribution in [0.1, 0.15) is 29.9 Å². The molecule has 0 N–H and O–H groups in total. The maximum atomic E-state index is 2.48. The Hall–Kier alpha value is -2.03. The van der Waals surface area contributed by atoms with Gasteiger partial charge in [-0.2, -0.15) is 0 Å². The fourth-order valence-corrected chi connectivity index (χ4v) is 4.26. The molecule has 0 spiro atoms. The fraction of sp³-hybridized carbons (Fsp3) is 0.280. The van der Waals surface area contributed by atoms with E-state index >= 15 is 0 Å². The van der Waals surface area contributed by atoms with E-state index in [1.54, 1.807) is 0 Å². The van der Waals surface area contributed by atoms with Crippen LogP contribution in [0, 0.1) is 0 Å². The van der Waals surface area contributed by atoms with Crippen molar-refractivity contribution >= 4 is 11.8 Å². The van der Waals surface area contributed by atoms with Gasteiger partial charge in [0.1, 0.15) is 0 Å². The van der Waals surface area contributed by atoms with Gasteiger partial charge in [0.25, 0.3) is 0 Å². The molecule has 0 saturated heterocycles. The zero-order chi connectivity index (χ0) is 18.7. The Bertz CT molecular complexity index is 719. The lowest BCUT2D eigenvalue weighted by Gasteiger charge is -2.22. The number of rotatable bonds is 10. The molecule has 1 nitrogen and oxygen atoms in total. The number of benzene rings is 3. The first-order valence-corrected chi connectivity index (χ1v) is 10.8. The summed E-state index contributed by atoms with van der Waals surface area (Å²) in [6, 6.07) is 32.5. The Morgan fingerprint density at radius 1 is 0.704 bits per heavy atom. The predicted molar refractivity (Wildman–Crippen MR) is 119 cm³/mol. The molecular weight excluding hydrogens is 346 g/mol. The molecule has 3 aromatic carbocycles. The van der Waals surface area contributed by atoms with Crippen LogP contribution in [0.5, 0.6) is 0 Å². The normalized spacial score (nSPS) is 11.2. The van der Waals surface area contributed by atoms with Gasteiger partial charge in [0.2, 0.25) is 0 Å². The third-order valence-electron chi connectivity index (χ3n) is 4.90. The van der Waals surface area contributed by atoms with Gasteiger partial charge in [-0.1, -0.05) is 78.9 Å². The second-order valence-corrected chi connectivity index (χ2v) is 8.15. The van der Waals surface area contributed by atoms with Crippen molar-refractivity contribution < 1.29 is 0 Å². The Morgan fingerprint density at radius 2 is 1.22 bits per heavy atom. The van der Waals surface area contributed by atoms with Gasteiger partial charge in [0.15, 0.2) is 0 Å². The first-order chi connectivity index (χ1) is 13.3. The van der Waals surface area contributed by atoms with Crippen LogP contribution in [0.4, 0.5) is 0 Å². The van der Waals surface area contributed by atoms with Crippen LogP contribution in [-0.4, -0.2) is 30.8 Å². The summed E-state index contributed by atoms with van der Waals surface area (Å²) < 4.78 is 0. The Balaban J connectivity index is 1.48. The Morgan fingerprint density at radius 3 is 1.78 bits per heavy atom. The van der Waals surface area contributed by atoms with E-state index in [9.17, 15) is 0 Å². The maximum absolute atomic E-state index is 2.48. The Kier molecular flexibility index (Phi) is 8.01. The van der Waals surface area contributed by atoms with Crippen molar-refractivity contribution in [1.29, 1.82) is 0 Å². The van der Waals surface area contributed by atoms with Crippen LogP contribution in [0.2, 0.25) is 0 Å². The average Bonchev–Trinajstić information content (AvgIpc) is 2.74. The highest BCUT2D eigenvalue weighted by atomic mass is 32.2. The smallest absolute Gasteiger partial charge is 0.0101 e. The molecule has 2 heteroatoms. The SMILES string of the molecule is CN(CCCSc1ccccc1)CCC(c1ccccc1)c1ccccc1. The van der Waals surface area contributed by atoms with Gasteiger partial charge in [-0.15, -0.1) is 11.8 Å². The van der Waals surface area contributed by atoms with Gasteiger partial charge in [-0.3, -0.25) is 0 Å². The molecule has 0 aliphatic rings. The highest BCUT2D eigenvalue weighted by molar-refractivity contribution is 7.99. The predicted octanol–water partition coefficient (Wildman–Crippen LogP) is 6.32. The van der Waals surface area contributed by atoms with E-state index in [1.807, 2.05) is 11.8 Å². The summed E-state index contributed by atoms with van der Waals surface area (Å²) in [6.45, 7) is 2.26. The van der Waals surface area contributed by atoms with Gasteiger partial charge in [0.05, 0.1) is 0 Å². The minimum absolute atomic E-state index is 0.466. The molecule has 0 saturated carbocycles. The van der Waals surface area contributed by atoms with Crippen LogP contribution in [0.3, 0.4) is 0 Å². The van der Waals surface area contributed by atoms with Crippen molar-refractivity contribution in [2.45, 2.75) is 23.7 Å². The van der Waals surface area contributed by atoms with Gasteiger partial charge in [-0.25, -0.2) is 0 Å². The third-order valence-corrected chi connectivity index (χ3v) is 6.00. The summed E-state index contributed by atoms with van der Waals surface area (Å²) in [5, 5.41) is 0. The van der Waals surface area contributed by atoms with Crippen LogP contribution in [0.25, 0.3) is 0 Å². The van der Waals surface area contributed by atoms with Gasteiger partial charge < -0.3 is 4.90 Å². The molecule has 3 aromatic rings. The summed E-state index contributed by atoms with van der Waals surface area (Å²) in [7, 11) is 2.25. The monoisotopic (exact) mass is 375 g/mol. The highest BCUT2D eigenvalue weighted by Crippen LogP contribution is 2.28. The zero-order valence-electron chi connectivity index (χ0n) is 16.1. The van der Waals surface area contributed by atoms with E-state index in [0.29, 0.717) is 5.92 Å². The van der Waals surface area contributed by atoms with Crippen molar-refractivity contribution in [3.63, 3.8) is 0 Å². The van der Waals surface area contributed by atoms with E-state index < -0.39 is 0 Å². The molecule has 0 atom stereocenters. The van der Waals surface area contributed by atoms with Crippen LogP contribution in [0.15, 0.2) is 95.9 Å². The summed E-state index contributed by atoms with van der Waals surface area (Å²) >= 11 is 1.95. The lowest BCUT2D eigenvalue weighted by Crippen LogP contribution is -2.23. The molecule has 0 fully saturated rings. The number of nitrogens with zero attached hydrogens (tertiary/aromatic N) is 1. The molecule has 0 unspecified atom stereocenters. The first-order valence-electron chi connectivity index (χ1n) is 9.79. The van der Waals surface area contributed by atoms with Crippen molar-refractivity contribution in [3.8, 4) is 0 Å². The second-order valence-electron chi connectivity index (χ2n) is 6.98. The minimum atomic E-state index is 0.466. The van der Waals surface area contributed by atoms with Crippen LogP contribution < -0.4 is 0 Å². The van der Waals surface area contributed by atoms with Crippen molar-refractivity contribution in [2.75, 3.05) is 25.9 Å². The molecule has 140 valence electrons. The summed E-state index contributed by atoms with van der Waals surface area (Å²) in [5.41, 5.74) is 2.83. The van der Waals surface area contributed by atoms with Crippen LogP contribution in [-0.2, 0) is 0 Å². The molecule has 27 heavy (non-hydrogen) atoms. The Labute approximate surface area is 168 Å². The van der Waals surface area contributed by atoms with Crippen molar-refractivity contribution in [3.05, 3.63) is 102 Å². The lowest BCUT2D eigenvalue weighted by molar-refractivity contribution is 0.325. The van der Waals surface area contributed by atoms with E-state index in [2.05, 4.69) is 103 Å². The molecule has 0 amide bonds. The lowest BCUT2D eigenvalue weighted by atomic mass is 9.88. The molecular formula is C25H29NS. The van der Waals surface area contributed by atoms with E-state index in [0.717, 1.165) is 19.5 Å². The molecule has 0 aromatic heterocycles. The fourth-order valence-electron chi connectivity index (χ4n) is 3.40. The average molecular weight is 376 g/mol. The summed E-state index contributed by atoms with van der Waals surface area (Å²) in [4.78, 5) is 3.85. The van der Waals surface area contributed by atoms with Crippen LogP contribution >= 0.6 is 11.8 Å².